The number of halogens is 1. The highest BCUT2D eigenvalue weighted by atomic mass is 35.5. The number of carbonyl (C=O) groups is 1. The van der Waals surface area contributed by atoms with Crippen LogP contribution in [0.4, 0.5) is 0 Å². The second-order valence-corrected chi connectivity index (χ2v) is 3.29. The van der Waals surface area contributed by atoms with Crippen LogP contribution in [-0.2, 0) is 4.79 Å². The van der Waals surface area contributed by atoms with Gasteiger partial charge in [0.15, 0.2) is 0 Å². The molecule has 0 fully saturated rings. The lowest BCUT2D eigenvalue weighted by Gasteiger charge is -2.12. The van der Waals surface area contributed by atoms with E-state index < -0.39 is 0 Å². The third-order valence-electron chi connectivity index (χ3n) is 1.95. The highest BCUT2D eigenvalue weighted by Crippen LogP contribution is 2.23. The first kappa shape index (κ1) is 10.6. The van der Waals surface area contributed by atoms with Gasteiger partial charge in [-0.25, -0.2) is 0 Å². The zero-order valence-corrected chi connectivity index (χ0v) is 8.51. The summed E-state index contributed by atoms with van der Waals surface area (Å²) in [5.41, 5.74) is 1.59. The SMILES string of the molecule is C#Cc1ccc(C(C)NC=O)c(Cl)c1. The van der Waals surface area contributed by atoms with Crippen LogP contribution in [0, 0.1) is 12.3 Å². The summed E-state index contributed by atoms with van der Waals surface area (Å²) in [6.45, 7) is 1.85. The smallest absolute Gasteiger partial charge is 0.207 e. The molecule has 0 aliphatic rings. The predicted molar refractivity (Wildman–Crippen MR) is 57.0 cm³/mol. The number of benzene rings is 1. The summed E-state index contributed by atoms with van der Waals surface area (Å²) in [5.74, 6) is 2.49. The molecule has 0 spiro atoms. The van der Waals surface area contributed by atoms with Crippen LogP contribution >= 0.6 is 11.6 Å². The Hall–Kier alpha value is -1.46. The molecule has 0 heterocycles. The minimum absolute atomic E-state index is 0.105. The van der Waals surface area contributed by atoms with E-state index in [0.29, 0.717) is 11.4 Å². The molecule has 14 heavy (non-hydrogen) atoms. The zero-order chi connectivity index (χ0) is 10.6. The molecule has 2 nitrogen and oxygen atoms in total. The molecular weight excluding hydrogens is 198 g/mol. The molecule has 1 unspecified atom stereocenters. The maximum Gasteiger partial charge on any atom is 0.207 e. The van der Waals surface area contributed by atoms with Gasteiger partial charge in [-0.3, -0.25) is 4.79 Å². The van der Waals surface area contributed by atoms with Crippen LogP contribution < -0.4 is 5.32 Å². The number of terminal acetylenes is 1. The highest BCUT2D eigenvalue weighted by Gasteiger charge is 2.08. The highest BCUT2D eigenvalue weighted by molar-refractivity contribution is 6.31. The lowest BCUT2D eigenvalue weighted by atomic mass is 10.1. The van der Waals surface area contributed by atoms with Crippen LogP contribution in [0.2, 0.25) is 5.02 Å². The van der Waals surface area contributed by atoms with Crippen molar-refractivity contribution in [1.29, 1.82) is 0 Å². The van der Waals surface area contributed by atoms with E-state index in [9.17, 15) is 4.79 Å². The summed E-state index contributed by atoms with van der Waals surface area (Å²) in [5, 5.41) is 3.19. The summed E-state index contributed by atoms with van der Waals surface area (Å²) in [4.78, 5) is 10.2. The molecule has 0 aliphatic carbocycles. The molecule has 1 atom stereocenters. The molecule has 1 aromatic carbocycles. The van der Waals surface area contributed by atoms with Crippen molar-refractivity contribution in [2.45, 2.75) is 13.0 Å². The molecule has 1 rings (SSSR count). The van der Waals surface area contributed by atoms with Crippen molar-refractivity contribution in [1.82, 2.24) is 5.32 Å². The van der Waals surface area contributed by atoms with E-state index in [0.717, 1.165) is 11.1 Å². The normalized spacial score (nSPS) is 11.5. The van der Waals surface area contributed by atoms with Gasteiger partial charge in [-0.1, -0.05) is 23.6 Å². The first-order valence-electron chi connectivity index (χ1n) is 4.14. The lowest BCUT2D eigenvalue weighted by Crippen LogP contribution is -2.16. The van der Waals surface area contributed by atoms with Gasteiger partial charge in [0.1, 0.15) is 0 Å². The van der Waals surface area contributed by atoms with Gasteiger partial charge in [-0.15, -0.1) is 6.42 Å². The molecule has 1 N–H and O–H groups in total. The summed E-state index contributed by atoms with van der Waals surface area (Å²) in [6, 6.07) is 5.22. The minimum Gasteiger partial charge on any atom is -0.352 e. The molecule has 0 aromatic heterocycles. The van der Waals surface area contributed by atoms with Crippen LogP contribution in [0.5, 0.6) is 0 Å². The van der Waals surface area contributed by atoms with E-state index in [1.54, 1.807) is 12.1 Å². The summed E-state index contributed by atoms with van der Waals surface area (Å²) < 4.78 is 0. The first-order valence-corrected chi connectivity index (χ1v) is 4.52. The van der Waals surface area contributed by atoms with E-state index in [1.165, 1.54) is 0 Å². The fourth-order valence-electron chi connectivity index (χ4n) is 1.16. The van der Waals surface area contributed by atoms with Crippen molar-refractivity contribution in [3.05, 3.63) is 34.3 Å². The fourth-order valence-corrected chi connectivity index (χ4v) is 1.50. The molecule has 3 heteroatoms. The van der Waals surface area contributed by atoms with Gasteiger partial charge in [0, 0.05) is 10.6 Å². The zero-order valence-electron chi connectivity index (χ0n) is 7.75. The standard InChI is InChI=1S/C11H10ClNO/c1-3-9-4-5-10(11(12)6-9)8(2)13-7-14/h1,4-8H,2H3,(H,13,14). The number of nitrogens with one attached hydrogen (secondary N) is 1. The molecule has 1 amide bonds. The van der Waals surface area contributed by atoms with Crippen LogP contribution in [0.1, 0.15) is 24.1 Å². The largest absolute Gasteiger partial charge is 0.352 e. The minimum atomic E-state index is -0.105. The third-order valence-corrected chi connectivity index (χ3v) is 2.28. The quantitative estimate of drug-likeness (QED) is 0.597. The number of amides is 1. The van der Waals surface area contributed by atoms with E-state index in [1.807, 2.05) is 13.0 Å². The van der Waals surface area contributed by atoms with E-state index in [-0.39, 0.29) is 6.04 Å². The average Bonchev–Trinajstić information content (AvgIpc) is 2.17. The van der Waals surface area contributed by atoms with Gasteiger partial charge in [0.25, 0.3) is 0 Å². The molecule has 0 saturated heterocycles. The fraction of sp³-hybridized carbons (Fsp3) is 0.182. The maximum atomic E-state index is 10.2. The number of hydrogen-bond acceptors (Lipinski definition) is 1. The Balaban J connectivity index is 3.00. The number of hydrogen-bond donors (Lipinski definition) is 1. The molecule has 0 aliphatic heterocycles. The van der Waals surface area contributed by atoms with Crippen LogP contribution in [0.15, 0.2) is 18.2 Å². The van der Waals surface area contributed by atoms with Crippen molar-refractivity contribution < 1.29 is 4.79 Å². The van der Waals surface area contributed by atoms with Crippen molar-refractivity contribution >= 4 is 18.0 Å². The Morgan fingerprint density at radius 3 is 2.86 bits per heavy atom. The topological polar surface area (TPSA) is 29.1 Å². The lowest BCUT2D eigenvalue weighted by molar-refractivity contribution is -0.110. The van der Waals surface area contributed by atoms with Crippen LogP contribution in [0.3, 0.4) is 0 Å². The number of carbonyl (C=O) groups excluding carboxylic acids is 1. The van der Waals surface area contributed by atoms with E-state index >= 15 is 0 Å². The molecule has 0 bridgehead atoms. The second-order valence-electron chi connectivity index (χ2n) is 2.89. The van der Waals surface area contributed by atoms with Gasteiger partial charge in [0.2, 0.25) is 6.41 Å². The molecule has 0 radical (unpaired) electrons. The van der Waals surface area contributed by atoms with Gasteiger partial charge in [-0.2, -0.15) is 0 Å². The van der Waals surface area contributed by atoms with Crippen molar-refractivity contribution in [3.8, 4) is 12.3 Å². The Morgan fingerprint density at radius 2 is 2.36 bits per heavy atom. The van der Waals surface area contributed by atoms with Crippen LogP contribution in [0.25, 0.3) is 0 Å². The average molecular weight is 208 g/mol. The summed E-state index contributed by atoms with van der Waals surface area (Å²) in [7, 11) is 0. The first-order chi connectivity index (χ1) is 6.69. The maximum absolute atomic E-state index is 10.2. The Bertz CT molecular complexity index is 381. The van der Waals surface area contributed by atoms with Gasteiger partial charge in [-0.05, 0) is 24.6 Å². The van der Waals surface area contributed by atoms with E-state index in [4.69, 9.17) is 18.0 Å². The van der Waals surface area contributed by atoms with Crippen molar-refractivity contribution in [2.75, 3.05) is 0 Å². The van der Waals surface area contributed by atoms with Gasteiger partial charge >= 0.3 is 0 Å². The molecular formula is C11H10ClNO. The van der Waals surface area contributed by atoms with E-state index in [2.05, 4.69) is 11.2 Å². The Kier molecular flexibility index (Phi) is 3.55. The summed E-state index contributed by atoms with van der Waals surface area (Å²) >= 11 is 5.99. The monoisotopic (exact) mass is 207 g/mol. The van der Waals surface area contributed by atoms with Gasteiger partial charge < -0.3 is 5.32 Å². The summed E-state index contributed by atoms with van der Waals surface area (Å²) in [6.07, 6.45) is 5.87. The Labute approximate surface area is 88.3 Å². The molecule has 72 valence electrons. The van der Waals surface area contributed by atoms with Gasteiger partial charge in [0.05, 0.1) is 6.04 Å². The second kappa shape index (κ2) is 4.69. The Morgan fingerprint density at radius 1 is 1.64 bits per heavy atom. The number of rotatable bonds is 3. The van der Waals surface area contributed by atoms with Crippen molar-refractivity contribution in [2.24, 2.45) is 0 Å². The van der Waals surface area contributed by atoms with Crippen LogP contribution in [-0.4, -0.2) is 6.41 Å². The third kappa shape index (κ3) is 2.27. The van der Waals surface area contributed by atoms with Crippen molar-refractivity contribution in [3.63, 3.8) is 0 Å². The predicted octanol–water partition coefficient (Wildman–Crippen LogP) is 2.13. The molecule has 0 saturated carbocycles. The molecule has 1 aromatic rings.